The van der Waals surface area contributed by atoms with Gasteiger partial charge in [0.2, 0.25) is 0 Å². The molecule has 3 rings (SSSR count). The molecule has 20 heavy (non-hydrogen) atoms. The molecule has 7 nitrogen and oxygen atoms in total. The number of nitrogens with zero attached hydrogens (tertiary/aromatic N) is 1. The Labute approximate surface area is 114 Å². The van der Waals surface area contributed by atoms with Crippen LogP contribution in [0.15, 0.2) is 18.2 Å². The third-order valence-corrected chi connectivity index (χ3v) is 3.86. The highest BCUT2D eigenvalue weighted by Gasteiger charge is 2.41. The van der Waals surface area contributed by atoms with Crippen LogP contribution < -0.4 is 5.32 Å². The van der Waals surface area contributed by atoms with E-state index in [9.17, 15) is 20.0 Å². The van der Waals surface area contributed by atoms with Gasteiger partial charge in [-0.1, -0.05) is 0 Å². The first-order valence-electron chi connectivity index (χ1n) is 6.48. The fraction of sp³-hybridized carbons (Fsp3) is 0.462. The van der Waals surface area contributed by atoms with Crippen LogP contribution in [0.5, 0.6) is 5.75 Å². The Morgan fingerprint density at radius 2 is 2.25 bits per heavy atom. The van der Waals surface area contributed by atoms with E-state index in [2.05, 4.69) is 5.32 Å². The van der Waals surface area contributed by atoms with E-state index in [-0.39, 0.29) is 29.7 Å². The smallest absolute Gasteiger partial charge is 0.310 e. The number of nitro benzene ring substituents is 1. The molecular weight excluding hydrogens is 264 g/mol. The Balaban J connectivity index is 1.71. The summed E-state index contributed by atoms with van der Waals surface area (Å²) in [6, 6.07) is 3.56. The van der Waals surface area contributed by atoms with Crippen molar-refractivity contribution >= 4 is 11.6 Å². The molecule has 0 saturated carbocycles. The van der Waals surface area contributed by atoms with Crippen LogP contribution in [0, 0.1) is 10.1 Å². The molecule has 0 spiro atoms. The second kappa shape index (κ2) is 4.75. The van der Waals surface area contributed by atoms with E-state index in [0.29, 0.717) is 0 Å². The number of nitro groups is 1. The molecule has 2 aliphatic heterocycles. The SMILES string of the molecule is O=C(NC1CC2CCC1O2)c1ccc([N+](=O)[O-])c(O)c1. The quantitative estimate of drug-likeness (QED) is 0.642. The molecule has 2 N–H and O–H groups in total. The van der Waals surface area contributed by atoms with Gasteiger partial charge >= 0.3 is 5.69 Å². The van der Waals surface area contributed by atoms with Crippen LogP contribution in [0.1, 0.15) is 29.6 Å². The molecule has 106 valence electrons. The number of carbonyl (C=O) groups is 1. The molecule has 2 saturated heterocycles. The Morgan fingerprint density at radius 3 is 2.80 bits per heavy atom. The van der Waals surface area contributed by atoms with Crippen LogP contribution in [-0.4, -0.2) is 34.2 Å². The van der Waals surface area contributed by atoms with Crippen molar-refractivity contribution in [1.82, 2.24) is 5.32 Å². The van der Waals surface area contributed by atoms with E-state index in [1.165, 1.54) is 6.07 Å². The van der Waals surface area contributed by atoms with E-state index in [1.54, 1.807) is 0 Å². The molecule has 1 amide bonds. The van der Waals surface area contributed by atoms with Crippen molar-refractivity contribution < 1.29 is 19.6 Å². The number of phenols is 1. The number of carbonyl (C=O) groups excluding carboxylic acids is 1. The van der Waals surface area contributed by atoms with Crippen LogP contribution in [0.4, 0.5) is 5.69 Å². The zero-order valence-electron chi connectivity index (χ0n) is 10.6. The second-order valence-electron chi connectivity index (χ2n) is 5.15. The van der Waals surface area contributed by atoms with Gasteiger partial charge in [-0.15, -0.1) is 0 Å². The van der Waals surface area contributed by atoms with Crippen LogP contribution in [-0.2, 0) is 4.74 Å². The number of aromatic hydroxyl groups is 1. The fourth-order valence-corrected chi connectivity index (χ4v) is 2.86. The first-order valence-corrected chi connectivity index (χ1v) is 6.48. The Morgan fingerprint density at radius 1 is 1.45 bits per heavy atom. The summed E-state index contributed by atoms with van der Waals surface area (Å²) in [6.45, 7) is 0. The number of benzene rings is 1. The molecule has 0 aliphatic carbocycles. The molecule has 2 fully saturated rings. The molecule has 2 aliphatic rings. The molecule has 1 aromatic rings. The van der Waals surface area contributed by atoms with Gasteiger partial charge in [0.25, 0.3) is 5.91 Å². The molecule has 2 heterocycles. The molecule has 3 atom stereocenters. The lowest BCUT2D eigenvalue weighted by Crippen LogP contribution is -2.41. The monoisotopic (exact) mass is 278 g/mol. The van der Waals surface area contributed by atoms with Crippen LogP contribution >= 0.6 is 0 Å². The Hall–Kier alpha value is -2.15. The lowest BCUT2D eigenvalue weighted by atomic mass is 9.95. The van der Waals surface area contributed by atoms with Gasteiger partial charge in [-0.3, -0.25) is 14.9 Å². The first kappa shape index (κ1) is 12.9. The van der Waals surface area contributed by atoms with Crippen molar-refractivity contribution in [1.29, 1.82) is 0 Å². The van der Waals surface area contributed by atoms with Crippen molar-refractivity contribution in [3.05, 3.63) is 33.9 Å². The largest absolute Gasteiger partial charge is 0.502 e. The van der Waals surface area contributed by atoms with Gasteiger partial charge < -0.3 is 15.2 Å². The van der Waals surface area contributed by atoms with E-state index in [1.807, 2.05) is 0 Å². The summed E-state index contributed by atoms with van der Waals surface area (Å²) in [7, 11) is 0. The number of ether oxygens (including phenoxy) is 1. The zero-order chi connectivity index (χ0) is 14.3. The molecule has 0 radical (unpaired) electrons. The van der Waals surface area contributed by atoms with Crippen molar-refractivity contribution in [3.63, 3.8) is 0 Å². The average Bonchev–Trinajstić information content (AvgIpc) is 3.00. The summed E-state index contributed by atoms with van der Waals surface area (Å²) in [5.41, 5.74) is -0.208. The summed E-state index contributed by atoms with van der Waals surface area (Å²) in [4.78, 5) is 22.0. The number of hydrogen-bond acceptors (Lipinski definition) is 5. The van der Waals surface area contributed by atoms with Gasteiger partial charge in [-0.2, -0.15) is 0 Å². The average molecular weight is 278 g/mol. The highest BCUT2D eigenvalue weighted by atomic mass is 16.6. The number of phenolic OH excluding ortho intramolecular Hbond substituents is 1. The number of hydrogen-bond donors (Lipinski definition) is 2. The van der Waals surface area contributed by atoms with Crippen molar-refractivity contribution in [2.45, 2.75) is 37.5 Å². The summed E-state index contributed by atoms with van der Waals surface area (Å²) >= 11 is 0. The van der Waals surface area contributed by atoms with E-state index in [4.69, 9.17) is 4.74 Å². The molecule has 0 aromatic heterocycles. The second-order valence-corrected chi connectivity index (χ2v) is 5.15. The van der Waals surface area contributed by atoms with Gasteiger partial charge in [0.15, 0.2) is 5.75 Å². The predicted molar refractivity (Wildman–Crippen MR) is 68.5 cm³/mol. The van der Waals surface area contributed by atoms with Gasteiger partial charge in [-0.25, -0.2) is 0 Å². The number of nitrogens with one attached hydrogen (secondary N) is 1. The summed E-state index contributed by atoms with van der Waals surface area (Å²) in [6.07, 6.45) is 3.08. The molecular formula is C13H14N2O5. The maximum Gasteiger partial charge on any atom is 0.310 e. The van der Waals surface area contributed by atoms with E-state index < -0.39 is 16.4 Å². The maximum absolute atomic E-state index is 12.1. The highest BCUT2D eigenvalue weighted by molar-refractivity contribution is 5.95. The van der Waals surface area contributed by atoms with Gasteiger partial charge in [0, 0.05) is 11.6 Å². The minimum atomic E-state index is -0.694. The first-order chi connectivity index (χ1) is 9.54. The van der Waals surface area contributed by atoms with Gasteiger partial charge in [0.05, 0.1) is 23.2 Å². The minimum absolute atomic E-state index is 0.0152. The third kappa shape index (κ3) is 2.20. The Bertz CT molecular complexity index is 574. The van der Waals surface area contributed by atoms with Crippen molar-refractivity contribution in [3.8, 4) is 5.75 Å². The summed E-state index contributed by atoms with van der Waals surface area (Å²) in [5, 5.41) is 23.0. The number of amides is 1. The van der Waals surface area contributed by atoms with Crippen LogP contribution in [0.25, 0.3) is 0 Å². The minimum Gasteiger partial charge on any atom is -0.502 e. The molecule has 7 heteroatoms. The van der Waals surface area contributed by atoms with Crippen molar-refractivity contribution in [2.75, 3.05) is 0 Å². The fourth-order valence-electron chi connectivity index (χ4n) is 2.86. The normalized spacial score (nSPS) is 27.5. The Kier molecular flexibility index (Phi) is 3.06. The molecule has 2 bridgehead atoms. The molecule has 1 aromatic carbocycles. The van der Waals surface area contributed by atoms with E-state index >= 15 is 0 Å². The predicted octanol–water partition coefficient (Wildman–Crippen LogP) is 1.35. The van der Waals surface area contributed by atoms with E-state index in [0.717, 1.165) is 31.4 Å². The van der Waals surface area contributed by atoms with Crippen LogP contribution in [0.2, 0.25) is 0 Å². The maximum atomic E-state index is 12.1. The van der Waals surface area contributed by atoms with Crippen molar-refractivity contribution in [2.24, 2.45) is 0 Å². The lowest BCUT2D eigenvalue weighted by molar-refractivity contribution is -0.385. The number of rotatable bonds is 3. The summed E-state index contributed by atoms with van der Waals surface area (Å²) in [5.74, 6) is -0.858. The standard InChI is InChI=1S/C13H14N2O5/c16-11-5-7(1-3-10(11)15(18)19)13(17)14-9-6-8-2-4-12(9)20-8/h1,3,5,8-9,12,16H,2,4,6H2,(H,14,17). The number of fused-ring (bicyclic) bond motifs is 2. The highest BCUT2D eigenvalue weighted by Crippen LogP contribution is 2.34. The van der Waals surface area contributed by atoms with Gasteiger partial charge in [0.1, 0.15) is 0 Å². The lowest BCUT2D eigenvalue weighted by Gasteiger charge is -2.20. The molecule has 3 unspecified atom stereocenters. The third-order valence-electron chi connectivity index (χ3n) is 3.86. The zero-order valence-corrected chi connectivity index (χ0v) is 10.6. The summed E-state index contributed by atoms with van der Waals surface area (Å²) < 4.78 is 5.64. The topological polar surface area (TPSA) is 102 Å². The van der Waals surface area contributed by atoms with Crippen LogP contribution in [0.3, 0.4) is 0 Å². The van der Waals surface area contributed by atoms with Gasteiger partial charge in [-0.05, 0) is 31.4 Å².